The summed E-state index contributed by atoms with van der Waals surface area (Å²) < 4.78 is 17.9. The summed E-state index contributed by atoms with van der Waals surface area (Å²) in [5, 5.41) is 0. The Morgan fingerprint density at radius 2 is 1.90 bits per heavy atom. The molecule has 0 atom stereocenters. The lowest BCUT2D eigenvalue weighted by Gasteiger charge is -2.09. The van der Waals surface area contributed by atoms with E-state index in [1.54, 1.807) is 18.3 Å². The zero-order valence-electron chi connectivity index (χ0n) is 10.9. The third kappa shape index (κ3) is 3.35. The summed E-state index contributed by atoms with van der Waals surface area (Å²) in [5.41, 5.74) is 1.66. The first-order chi connectivity index (χ1) is 10.1. The topological polar surface area (TPSA) is 17.8 Å². The Morgan fingerprint density at radius 1 is 1.14 bits per heavy atom. The van der Waals surface area contributed by atoms with Crippen molar-refractivity contribution in [2.45, 2.75) is 6.54 Å². The second-order valence-electron chi connectivity index (χ2n) is 4.62. The molecular weight excluding hydrogens is 446 g/mol. The first-order valence-electron chi connectivity index (χ1n) is 6.34. The van der Waals surface area contributed by atoms with Gasteiger partial charge >= 0.3 is 0 Å². The SMILES string of the molecule is Fc1ccc(Br)cc1Cn1ccnc1-c1ccc(I)cc1. The van der Waals surface area contributed by atoms with Crippen molar-refractivity contribution in [2.24, 2.45) is 0 Å². The fraction of sp³-hybridized carbons (Fsp3) is 0.0625. The Bertz CT molecular complexity index is 768. The maximum Gasteiger partial charge on any atom is 0.140 e. The van der Waals surface area contributed by atoms with Gasteiger partial charge in [-0.2, -0.15) is 0 Å². The fourth-order valence-corrected chi connectivity index (χ4v) is 2.91. The van der Waals surface area contributed by atoms with Gasteiger partial charge in [0.15, 0.2) is 0 Å². The summed E-state index contributed by atoms with van der Waals surface area (Å²) in [7, 11) is 0. The van der Waals surface area contributed by atoms with Crippen LogP contribution in [0.1, 0.15) is 5.56 Å². The Morgan fingerprint density at radius 3 is 2.67 bits per heavy atom. The van der Waals surface area contributed by atoms with Crippen LogP contribution in [0.5, 0.6) is 0 Å². The van der Waals surface area contributed by atoms with Gasteiger partial charge in [-0.1, -0.05) is 28.1 Å². The first kappa shape index (κ1) is 14.7. The van der Waals surface area contributed by atoms with Gasteiger partial charge in [-0.15, -0.1) is 0 Å². The summed E-state index contributed by atoms with van der Waals surface area (Å²) in [6, 6.07) is 13.1. The number of hydrogen-bond acceptors (Lipinski definition) is 1. The van der Waals surface area contributed by atoms with Crippen LogP contribution in [0, 0.1) is 9.39 Å². The van der Waals surface area contributed by atoms with Gasteiger partial charge in [-0.3, -0.25) is 0 Å². The third-order valence-electron chi connectivity index (χ3n) is 3.17. The normalized spacial score (nSPS) is 10.8. The quantitative estimate of drug-likeness (QED) is 0.501. The summed E-state index contributed by atoms with van der Waals surface area (Å²) >= 11 is 5.65. The summed E-state index contributed by atoms with van der Waals surface area (Å²) in [6.07, 6.45) is 3.61. The Kier molecular flexibility index (Phi) is 4.40. The van der Waals surface area contributed by atoms with Crippen LogP contribution in [0.15, 0.2) is 59.3 Å². The van der Waals surface area contributed by atoms with Crippen molar-refractivity contribution in [2.75, 3.05) is 0 Å². The van der Waals surface area contributed by atoms with E-state index in [1.807, 2.05) is 35.0 Å². The molecular formula is C16H11BrFIN2. The highest BCUT2D eigenvalue weighted by atomic mass is 127. The van der Waals surface area contributed by atoms with Gasteiger partial charge < -0.3 is 4.57 Å². The minimum Gasteiger partial charge on any atom is -0.326 e. The smallest absolute Gasteiger partial charge is 0.140 e. The van der Waals surface area contributed by atoms with E-state index in [0.717, 1.165) is 15.9 Å². The number of nitrogens with zero attached hydrogens (tertiary/aromatic N) is 2. The van der Waals surface area contributed by atoms with Gasteiger partial charge in [0.05, 0.1) is 6.54 Å². The molecule has 0 spiro atoms. The minimum absolute atomic E-state index is 0.208. The average molecular weight is 457 g/mol. The molecule has 106 valence electrons. The number of aromatic nitrogens is 2. The average Bonchev–Trinajstić information content (AvgIpc) is 2.92. The van der Waals surface area contributed by atoms with Gasteiger partial charge in [0.25, 0.3) is 0 Å². The molecule has 1 aromatic heterocycles. The standard InChI is InChI=1S/C16H11BrFIN2/c17-13-3-6-15(18)12(9-13)10-21-8-7-20-16(21)11-1-4-14(19)5-2-11/h1-9H,10H2. The molecule has 21 heavy (non-hydrogen) atoms. The molecule has 0 aliphatic heterocycles. The van der Waals surface area contributed by atoms with Gasteiger partial charge in [-0.25, -0.2) is 9.37 Å². The lowest BCUT2D eigenvalue weighted by atomic mass is 10.2. The van der Waals surface area contributed by atoms with Crippen LogP contribution in [-0.2, 0) is 6.54 Å². The number of halogens is 3. The second kappa shape index (κ2) is 6.27. The molecule has 2 aromatic carbocycles. The van der Waals surface area contributed by atoms with Gasteiger partial charge in [-0.05, 0) is 52.9 Å². The van der Waals surface area contributed by atoms with E-state index in [9.17, 15) is 4.39 Å². The fourth-order valence-electron chi connectivity index (χ4n) is 2.14. The lowest BCUT2D eigenvalue weighted by molar-refractivity contribution is 0.600. The molecule has 3 rings (SSSR count). The van der Waals surface area contributed by atoms with Crippen LogP contribution in [0.4, 0.5) is 4.39 Å². The van der Waals surface area contributed by atoms with Gasteiger partial charge in [0.1, 0.15) is 11.6 Å². The van der Waals surface area contributed by atoms with Crippen molar-refractivity contribution in [3.8, 4) is 11.4 Å². The van der Waals surface area contributed by atoms with Crippen molar-refractivity contribution in [3.05, 3.63) is 74.3 Å². The Labute approximate surface area is 144 Å². The maximum atomic E-state index is 13.9. The highest BCUT2D eigenvalue weighted by Gasteiger charge is 2.09. The van der Waals surface area contributed by atoms with Crippen molar-refractivity contribution in [3.63, 3.8) is 0 Å². The molecule has 3 aromatic rings. The van der Waals surface area contributed by atoms with Crippen LogP contribution >= 0.6 is 38.5 Å². The van der Waals surface area contributed by atoms with Crippen LogP contribution in [-0.4, -0.2) is 9.55 Å². The largest absolute Gasteiger partial charge is 0.326 e. The van der Waals surface area contributed by atoms with E-state index >= 15 is 0 Å². The molecule has 0 saturated carbocycles. The summed E-state index contributed by atoms with van der Waals surface area (Å²) in [4.78, 5) is 4.39. The predicted molar refractivity (Wildman–Crippen MR) is 93.6 cm³/mol. The van der Waals surface area contributed by atoms with Crippen molar-refractivity contribution >= 4 is 38.5 Å². The van der Waals surface area contributed by atoms with E-state index in [0.29, 0.717) is 12.1 Å². The van der Waals surface area contributed by atoms with Crippen LogP contribution in [0.25, 0.3) is 11.4 Å². The molecule has 0 aliphatic rings. The molecule has 0 bridgehead atoms. The zero-order chi connectivity index (χ0) is 14.8. The molecule has 0 unspecified atom stereocenters. The molecule has 0 fully saturated rings. The van der Waals surface area contributed by atoms with E-state index in [-0.39, 0.29) is 5.82 Å². The molecule has 0 amide bonds. The number of imidazole rings is 1. The van der Waals surface area contributed by atoms with Crippen molar-refractivity contribution in [1.29, 1.82) is 0 Å². The van der Waals surface area contributed by atoms with E-state index in [1.165, 1.54) is 9.64 Å². The Hall–Kier alpha value is -1.21. The molecule has 0 saturated heterocycles. The van der Waals surface area contributed by atoms with E-state index < -0.39 is 0 Å². The van der Waals surface area contributed by atoms with E-state index in [2.05, 4.69) is 43.5 Å². The zero-order valence-corrected chi connectivity index (χ0v) is 14.7. The van der Waals surface area contributed by atoms with Crippen molar-refractivity contribution < 1.29 is 4.39 Å². The summed E-state index contributed by atoms with van der Waals surface area (Å²) in [5.74, 6) is 0.631. The molecule has 1 heterocycles. The second-order valence-corrected chi connectivity index (χ2v) is 6.78. The van der Waals surface area contributed by atoms with Crippen LogP contribution in [0.2, 0.25) is 0 Å². The monoisotopic (exact) mass is 456 g/mol. The highest BCUT2D eigenvalue weighted by molar-refractivity contribution is 14.1. The highest BCUT2D eigenvalue weighted by Crippen LogP contribution is 2.22. The number of rotatable bonds is 3. The lowest BCUT2D eigenvalue weighted by Crippen LogP contribution is -2.03. The third-order valence-corrected chi connectivity index (χ3v) is 4.38. The molecule has 0 radical (unpaired) electrons. The Balaban J connectivity index is 1.96. The number of benzene rings is 2. The molecule has 5 heteroatoms. The van der Waals surface area contributed by atoms with Crippen molar-refractivity contribution in [1.82, 2.24) is 9.55 Å². The maximum absolute atomic E-state index is 13.9. The number of hydrogen-bond donors (Lipinski definition) is 0. The first-order valence-corrected chi connectivity index (χ1v) is 8.21. The minimum atomic E-state index is -0.208. The van der Waals surface area contributed by atoms with Crippen LogP contribution < -0.4 is 0 Å². The molecule has 0 N–H and O–H groups in total. The molecule has 2 nitrogen and oxygen atoms in total. The van der Waals surface area contributed by atoms with Gasteiger partial charge in [0, 0.05) is 31.6 Å². The van der Waals surface area contributed by atoms with Gasteiger partial charge in [0.2, 0.25) is 0 Å². The predicted octanol–water partition coefficient (Wildman–Crippen LogP) is 5.10. The van der Waals surface area contributed by atoms with Crippen LogP contribution in [0.3, 0.4) is 0 Å². The summed E-state index contributed by atoms with van der Waals surface area (Å²) in [6.45, 7) is 0.451. The van der Waals surface area contributed by atoms with E-state index in [4.69, 9.17) is 0 Å². The molecule has 0 aliphatic carbocycles.